The van der Waals surface area contributed by atoms with Crippen LogP contribution in [0.1, 0.15) is 11.1 Å². The van der Waals surface area contributed by atoms with Crippen LogP contribution in [0.2, 0.25) is 0 Å². The Kier molecular flexibility index (Phi) is 5.86. The van der Waals surface area contributed by atoms with Crippen LogP contribution < -0.4 is 0 Å². The van der Waals surface area contributed by atoms with E-state index in [0.717, 1.165) is 12.2 Å². The standard InChI is InChI=1S/C20H16O4/c1-15(17-9-5-3-6-10-17)23-19(21)13-14-20(22)24-16(2)18-11-7-4-8-12-18/h3-14H,1-2H2/b14-13-. The van der Waals surface area contributed by atoms with Crippen molar-refractivity contribution >= 4 is 23.5 Å². The van der Waals surface area contributed by atoms with Crippen LogP contribution in [-0.4, -0.2) is 11.9 Å². The quantitative estimate of drug-likeness (QED) is 0.459. The number of carbonyl (C=O) groups excluding carboxylic acids is 2. The Hall–Kier alpha value is -3.40. The number of hydrogen-bond acceptors (Lipinski definition) is 4. The Morgan fingerprint density at radius 1 is 0.667 bits per heavy atom. The third-order valence-electron chi connectivity index (χ3n) is 2.99. The predicted molar refractivity (Wildman–Crippen MR) is 92.3 cm³/mol. The van der Waals surface area contributed by atoms with Crippen molar-refractivity contribution in [2.45, 2.75) is 0 Å². The fraction of sp³-hybridized carbons (Fsp3) is 0. The second-order valence-corrected chi connectivity index (χ2v) is 4.75. The van der Waals surface area contributed by atoms with E-state index in [9.17, 15) is 9.59 Å². The zero-order valence-corrected chi connectivity index (χ0v) is 13.0. The molecular formula is C20H16O4. The molecule has 0 N–H and O–H groups in total. The fourth-order valence-corrected chi connectivity index (χ4v) is 1.81. The summed E-state index contributed by atoms with van der Waals surface area (Å²) in [6.07, 6.45) is 1.96. The zero-order valence-electron chi connectivity index (χ0n) is 13.0. The number of rotatable bonds is 6. The molecule has 0 saturated carbocycles. The van der Waals surface area contributed by atoms with Crippen LogP contribution in [0.25, 0.3) is 11.5 Å². The van der Waals surface area contributed by atoms with Crippen LogP contribution in [0.15, 0.2) is 86.0 Å². The fourth-order valence-electron chi connectivity index (χ4n) is 1.81. The molecule has 0 bridgehead atoms. The topological polar surface area (TPSA) is 52.6 Å². The lowest BCUT2D eigenvalue weighted by atomic mass is 10.2. The summed E-state index contributed by atoms with van der Waals surface area (Å²) in [5.41, 5.74) is 1.36. The first-order valence-electron chi connectivity index (χ1n) is 7.16. The van der Waals surface area contributed by atoms with Crippen molar-refractivity contribution < 1.29 is 19.1 Å². The van der Waals surface area contributed by atoms with Crippen molar-refractivity contribution in [2.24, 2.45) is 0 Å². The molecule has 0 saturated heterocycles. The highest BCUT2D eigenvalue weighted by molar-refractivity contribution is 5.95. The lowest BCUT2D eigenvalue weighted by molar-refractivity contribution is -0.133. The Labute approximate surface area is 140 Å². The van der Waals surface area contributed by atoms with Gasteiger partial charge in [0.2, 0.25) is 0 Å². The van der Waals surface area contributed by atoms with E-state index in [1.165, 1.54) is 0 Å². The number of esters is 2. The van der Waals surface area contributed by atoms with E-state index in [4.69, 9.17) is 9.47 Å². The van der Waals surface area contributed by atoms with Gasteiger partial charge < -0.3 is 9.47 Å². The number of benzene rings is 2. The number of carbonyl (C=O) groups is 2. The van der Waals surface area contributed by atoms with Gasteiger partial charge in [-0.1, -0.05) is 73.8 Å². The van der Waals surface area contributed by atoms with Gasteiger partial charge >= 0.3 is 11.9 Å². The maximum atomic E-state index is 11.7. The molecule has 0 fully saturated rings. The molecule has 2 rings (SSSR count). The lowest BCUT2D eigenvalue weighted by Gasteiger charge is -2.06. The molecule has 4 nitrogen and oxygen atoms in total. The Balaban J connectivity index is 1.86. The molecule has 2 aromatic carbocycles. The minimum Gasteiger partial charge on any atom is -0.423 e. The van der Waals surface area contributed by atoms with Crippen molar-refractivity contribution in [3.8, 4) is 0 Å². The summed E-state index contributed by atoms with van der Waals surface area (Å²) in [6.45, 7) is 7.35. The molecule has 2 aromatic rings. The number of hydrogen-bond donors (Lipinski definition) is 0. The average Bonchev–Trinajstić information content (AvgIpc) is 2.61. The van der Waals surface area contributed by atoms with Crippen molar-refractivity contribution in [2.75, 3.05) is 0 Å². The first kappa shape index (κ1) is 17.0. The molecule has 0 unspecified atom stereocenters. The highest BCUT2D eigenvalue weighted by Crippen LogP contribution is 2.14. The van der Waals surface area contributed by atoms with E-state index in [-0.39, 0.29) is 11.5 Å². The van der Waals surface area contributed by atoms with Crippen LogP contribution in [0.4, 0.5) is 0 Å². The van der Waals surface area contributed by atoms with Crippen molar-refractivity contribution in [3.05, 3.63) is 97.1 Å². The van der Waals surface area contributed by atoms with E-state index < -0.39 is 11.9 Å². The molecule has 24 heavy (non-hydrogen) atoms. The van der Waals surface area contributed by atoms with Gasteiger partial charge in [-0.25, -0.2) is 9.59 Å². The van der Waals surface area contributed by atoms with Crippen LogP contribution in [-0.2, 0) is 19.1 Å². The smallest absolute Gasteiger partial charge is 0.336 e. The second-order valence-electron chi connectivity index (χ2n) is 4.75. The van der Waals surface area contributed by atoms with Gasteiger partial charge in [-0.05, 0) is 0 Å². The summed E-state index contributed by atoms with van der Waals surface area (Å²) < 4.78 is 10.1. The lowest BCUT2D eigenvalue weighted by Crippen LogP contribution is -2.03. The molecule has 4 heteroatoms. The monoisotopic (exact) mass is 320 g/mol. The van der Waals surface area contributed by atoms with Gasteiger partial charge in [0.15, 0.2) is 0 Å². The summed E-state index contributed by atoms with van der Waals surface area (Å²) in [5, 5.41) is 0. The third kappa shape index (κ3) is 5.10. The van der Waals surface area contributed by atoms with E-state index in [2.05, 4.69) is 13.2 Å². The van der Waals surface area contributed by atoms with Crippen LogP contribution in [0.5, 0.6) is 0 Å². The Morgan fingerprint density at radius 2 is 1.00 bits per heavy atom. The summed E-state index contributed by atoms with van der Waals surface area (Å²) in [7, 11) is 0. The maximum Gasteiger partial charge on any atom is 0.336 e. The molecule has 0 heterocycles. The predicted octanol–water partition coefficient (Wildman–Crippen LogP) is 3.97. The molecule has 0 aliphatic heterocycles. The van der Waals surface area contributed by atoms with Gasteiger partial charge in [0.1, 0.15) is 11.5 Å². The van der Waals surface area contributed by atoms with Gasteiger partial charge in [0, 0.05) is 23.3 Å². The molecule has 0 spiro atoms. The molecule has 0 aliphatic rings. The normalized spacial score (nSPS) is 10.2. The highest BCUT2D eigenvalue weighted by Gasteiger charge is 2.07. The first-order valence-corrected chi connectivity index (χ1v) is 7.16. The summed E-state index contributed by atoms with van der Waals surface area (Å²) in [4.78, 5) is 23.4. The van der Waals surface area contributed by atoms with Crippen molar-refractivity contribution in [1.29, 1.82) is 0 Å². The number of ether oxygens (including phenoxy) is 2. The zero-order chi connectivity index (χ0) is 17.4. The van der Waals surface area contributed by atoms with Crippen LogP contribution in [0, 0.1) is 0 Å². The summed E-state index contributed by atoms with van der Waals surface area (Å²) in [6, 6.07) is 17.9. The minimum atomic E-state index is -0.717. The van der Waals surface area contributed by atoms with Gasteiger partial charge in [-0.2, -0.15) is 0 Å². The van der Waals surface area contributed by atoms with E-state index >= 15 is 0 Å². The van der Waals surface area contributed by atoms with E-state index in [0.29, 0.717) is 11.1 Å². The second kappa shape index (κ2) is 8.29. The van der Waals surface area contributed by atoms with E-state index in [1.807, 2.05) is 12.1 Å². The van der Waals surface area contributed by atoms with Crippen molar-refractivity contribution in [1.82, 2.24) is 0 Å². The molecular weight excluding hydrogens is 304 g/mol. The van der Waals surface area contributed by atoms with E-state index in [1.54, 1.807) is 48.5 Å². The largest absolute Gasteiger partial charge is 0.423 e. The minimum absolute atomic E-state index is 0.201. The van der Waals surface area contributed by atoms with Crippen LogP contribution >= 0.6 is 0 Å². The molecule has 0 amide bonds. The van der Waals surface area contributed by atoms with Crippen molar-refractivity contribution in [3.63, 3.8) is 0 Å². The highest BCUT2D eigenvalue weighted by atomic mass is 16.5. The molecule has 0 atom stereocenters. The molecule has 0 radical (unpaired) electrons. The van der Waals surface area contributed by atoms with Gasteiger partial charge in [-0.3, -0.25) is 0 Å². The Morgan fingerprint density at radius 3 is 1.33 bits per heavy atom. The average molecular weight is 320 g/mol. The van der Waals surface area contributed by atoms with Gasteiger partial charge in [0.25, 0.3) is 0 Å². The van der Waals surface area contributed by atoms with Crippen LogP contribution in [0.3, 0.4) is 0 Å². The SMILES string of the molecule is C=C(OC(=O)/C=C\C(=O)OC(=C)c1ccccc1)c1ccccc1. The van der Waals surface area contributed by atoms with Gasteiger partial charge in [0.05, 0.1) is 0 Å². The first-order chi connectivity index (χ1) is 11.6. The molecule has 0 aromatic heterocycles. The summed E-state index contributed by atoms with van der Waals surface area (Å²) >= 11 is 0. The maximum absolute atomic E-state index is 11.7. The Bertz CT molecular complexity index is 706. The van der Waals surface area contributed by atoms with Gasteiger partial charge in [-0.15, -0.1) is 0 Å². The molecule has 0 aliphatic carbocycles. The third-order valence-corrected chi connectivity index (χ3v) is 2.99. The summed E-state index contributed by atoms with van der Waals surface area (Å²) in [5.74, 6) is -1.03. The molecule has 120 valence electrons.